The summed E-state index contributed by atoms with van der Waals surface area (Å²) in [6, 6.07) is 33.3. The van der Waals surface area contributed by atoms with Crippen molar-refractivity contribution < 1.29 is 4.74 Å². The van der Waals surface area contributed by atoms with Crippen molar-refractivity contribution in [2.75, 3.05) is 4.90 Å². The largest absolute Gasteiger partial charge is 0.453 e. The van der Waals surface area contributed by atoms with Crippen molar-refractivity contribution in [2.45, 2.75) is 0 Å². The molecule has 4 aromatic rings. The summed E-state index contributed by atoms with van der Waals surface area (Å²) < 4.78 is 7.14. The maximum absolute atomic E-state index is 6.11. The number of para-hydroxylation sites is 2. The van der Waals surface area contributed by atoms with Gasteiger partial charge >= 0.3 is 0 Å². The molecule has 1 aliphatic heterocycles. The molecule has 0 aliphatic carbocycles. The molecule has 5 rings (SSSR count). The van der Waals surface area contributed by atoms with E-state index >= 15 is 0 Å². The average Bonchev–Trinajstić information content (AvgIpc) is 2.73. The van der Waals surface area contributed by atoms with E-state index in [1.54, 1.807) is 0 Å². The van der Waals surface area contributed by atoms with E-state index in [0.29, 0.717) is 0 Å². The smallest absolute Gasteiger partial charge is 0.151 e. The number of benzene rings is 4. The first-order chi connectivity index (χ1) is 13.3. The summed E-state index contributed by atoms with van der Waals surface area (Å²) in [4.78, 5) is 2.24. The molecule has 130 valence electrons. The summed E-state index contributed by atoms with van der Waals surface area (Å²) in [6.07, 6.45) is 0. The second-order valence-corrected chi connectivity index (χ2v) is 7.35. The molecule has 0 unspecified atom stereocenters. The van der Waals surface area contributed by atoms with Gasteiger partial charge in [-0.2, -0.15) is 0 Å². The lowest BCUT2D eigenvalue weighted by atomic mass is 10.0. The predicted molar refractivity (Wildman–Crippen MR) is 114 cm³/mol. The third kappa shape index (κ3) is 2.90. The molecule has 0 N–H and O–H groups in total. The molecule has 0 saturated heterocycles. The highest BCUT2D eigenvalue weighted by Crippen LogP contribution is 2.50. The van der Waals surface area contributed by atoms with E-state index < -0.39 is 0 Å². The quantitative estimate of drug-likeness (QED) is 0.294. The van der Waals surface area contributed by atoms with E-state index in [1.807, 2.05) is 36.4 Å². The molecule has 0 spiro atoms. The summed E-state index contributed by atoms with van der Waals surface area (Å²) in [5.41, 5.74) is 5.58. The summed E-state index contributed by atoms with van der Waals surface area (Å²) in [5, 5.41) is 0. The van der Waals surface area contributed by atoms with Crippen molar-refractivity contribution in [3.8, 4) is 22.6 Å². The zero-order valence-electron chi connectivity index (χ0n) is 14.5. The number of hydrogen-bond acceptors (Lipinski definition) is 2. The van der Waals surface area contributed by atoms with Crippen LogP contribution in [0.1, 0.15) is 0 Å². The molecule has 2 nitrogen and oxygen atoms in total. The Labute approximate surface area is 166 Å². The Kier molecular flexibility index (Phi) is 3.95. The SMILES string of the molecule is Brc1ccc2c(c1)N(c1ccc(-c3ccccc3)cc1)c1ccccc1O2. The van der Waals surface area contributed by atoms with E-state index in [0.717, 1.165) is 33.0 Å². The lowest BCUT2D eigenvalue weighted by Crippen LogP contribution is -2.15. The molecule has 3 heteroatoms. The standard InChI is InChI=1S/C24H16BrNO/c25-19-12-15-24-22(16-19)26(21-8-4-5-9-23(21)27-24)20-13-10-18(11-14-20)17-6-2-1-3-7-17/h1-16H. The van der Waals surface area contributed by atoms with Gasteiger partial charge in [-0.15, -0.1) is 0 Å². The Morgan fingerprint density at radius 1 is 0.593 bits per heavy atom. The van der Waals surface area contributed by atoms with Gasteiger partial charge in [-0.3, -0.25) is 0 Å². The van der Waals surface area contributed by atoms with Gasteiger partial charge in [-0.25, -0.2) is 0 Å². The second-order valence-electron chi connectivity index (χ2n) is 6.43. The van der Waals surface area contributed by atoms with Crippen LogP contribution in [0.25, 0.3) is 11.1 Å². The number of fused-ring (bicyclic) bond motifs is 2. The van der Waals surface area contributed by atoms with Crippen LogP contribution in [0.5, 0.6) is 11.5 Å². The maximum atomic E-state index is 6.11. The number of anilines is 3. The molecular weight excluding hydrogens is 398 g/mol. The third-order valence-corrected chi connectivity index (χ3v) is 5.21. The van der Waals surface area contributed by atoms with Gasteiger partial charge in [0.15, 0.2) is 11.5 Å². The number of rotatable bonds is 2. The minimum absolute atomic E-state index is 0.851. The minimum Gasteiger partial charge on any atom is -0.453 e. The molecule has 0 amide bonds. The molecule has 0 bridgehead atoms. The van der Waals surface area contributed by atoms with Crippen LogP contribution in [0.15, 0.2) is 102 Å². The fraction of sp³-hybridized carbons (Fsp3) is 0. The van der Waals surface area contributed by atoms with Crippen LogP contribution in [0.2, 0.25) is 0 Å². The van der Waals surface area contributed by atoms with Crippen molar-refractivity contribution in [3.05, 3.63) is 102 Å². The van der Waals surface area contributed by atoms with Crippen molar-refractivity contribution in [3.63, 3.8) is 0 Å². The molecule has 27 heavy (non-hydrogen) atoms. The van der Waals surface area contributed by atoms with Crippen molar-refractivity contribution in [1.82, 2.24) is 0 Å². The highest BCUT2D eigenvalue weighted by Gasteiger charge is 2.25. The van der Waals surface area contributed by atoms with E-state index in [1.165, 1.54) is 11.1 Å². The average molecular weight is 414 g/mol. The second kappa shape index (κ2) is 6.60. The van der Waals surface area contributed by atoms with Crippen LogP contribution < -0.4 is 9.64 Å². The Morgan fingerprint density at radius 2 is 1.26 bits per heavy atom. The van der Waals surface area contributed by atoms with Crippen molar-refractivity contribution in [2.24, 2.45) is 0 Å². The van der Waals surface area contributed by atoms with Gasteiger partial charge in [0.2, 0.25) is 0 Å². The Balaban J connectivity index is 1.63. The van der Waals surface area contributed by atoms with E-state index in [2.05, 4.69) is 81.5 Å². The van der Waals surface area contributed by atoms with E-state index in [9.17, 15) is 0 Å². The first-order valence-corrected chi connectivity index (χ1v) is 9.61. The summed E-state index contributed by atoms with van der Waals surface area (Å²) in [7, 11) is 0. The zero-order chi connectivity index (χ0) is 18.2. The van der Waals surface area contributed by atoms with Crippen LogP contribution in [0, 0.1) is 0 Å². The van der Waals surface area contributed by atoms with Gasteiger partial charge in [-0.1, -0.05) is 70.5 Å². The normalized spacial score (nSPS) is 12.1. The lowest BCUT2D eigenvalue weighted by molar-refractivity contribution is 0.477. The van der Waals surface area contributed by atoms with Crippen molar-refractivity contribution >= 4 is 33.0 Å². The van der Waals surface area contributed by atoms with Crippen molar-refractivity contribution in [1.29, 1.82) is 0 Å². The fourth-order valence-corrected chi connectivity index (χ4v) is 3.79. The maximum Gasteiger partial charge on any atom is 0.151 e. The van der Waals surface area contributed by atoms with Gasteiger partial charge in [0.05, 0.1) is 11.4 Å². The monoisotopic (exact) mass is 413 g/mol. The van der Waals surface area contributed by atoms with Crippen LogP contribution in [0.3, 0.4) is 0 Å². The first kappa shape index (κ1) is 16.2. The number of halogens is 1. The van der Waals surface area contributed by atoms with E-state index in [4.69, 9.17) is 4.74 Å². The summed E-state index contributed by atoms with van der Waals surface area (Å²) in [6.45, 7) is 0. The molecule has 4 aromatic carbocycles. The predicted octanol–water partition coefficient (Wildman–Crippen LogP) is 7.69. The molecule has 1 heterocycles. The summed E-state index contributed by atoms with van der Waals surface area (Å²) in [5.74, 6) is 1.71. The molecule has 0 atom stereocenters. The van der Waals surface area contributed by atoms with Crippen LogP contribution in [-0.4, -0.2) is 0 Å². The van der Waals surface area contributed by atoms with E-state index in [-0.39, 0.29) is 0 Å². The highest BCUT2D eigenvalue weighted by molar-refractivity contribution is 9.10. The van der Waals surface area contributed by atoms with Gasteiger partial charge < -0.3 is 9.64 Å². The molecule has 1 aliphatic rings. The first-order valence-electron chi connectivity index (χ1n) is 8.82. The van der Waals surface area contributed by atoms with Gasteiger partial charge in [0.1, 0.15) is 0 Å². The van der Waals surface area contributed by atoms with Gasteiger partial charge in [-0.05, 0) is 53.6 Å². The molecular formula is C24H16BrNO. The Bertz CT molecular complexity index is 1110. The van der Waals surface area contributed by atoms with Crippen LogP contribution in [-0.2, 0) is 0 Å². The van der Waals surface area contributed by atoms with Gasteiger partial charge in [0, 0.05) is 10.2 Å². The van der Waals surface area contributed by atoms with Gasteiger partial charge in [0.25, 0.3) is 0 Å². The summed E-state index contributed by atoms with van der Waals surface area (Å²) >= 11 is 3.59. The molecule has 0 fully saturated rings. The number of hydrogen-bond donors (Lipinski definition) is 0. The number of nitrogens with zero attached hydrogens (tertiary/aromatic N) is 1. The number of ether oxygens (including phenoxy) is 1. The Hall–Kier alpha value is -3.04. The fourth-order valence-electron chi connectivity index (χ4n) is 3.44. The topological polar surface area (TPSA) is 12.5 Å². The third-order valence-electron chi connectivity index (χ3n) is 4.72. The zero-order valence-corrected chi connectivity index (χ0v) is 16.1. The molecule has 0 saturated carbocycles. The van der Waals surface area contributed by atoms with Crippen LogP contribution in [0.4, 0.5) is 17.1 Å². The lowest BCUT2D eigenvalue weighted by Gasteiger charge is -2.33. The molecule has 0 aromatic heterocycles. The van der Waals surface area contributed by atoms with Crippen LogP contribution >= 0.6 is 15.9 Å². The Morgan fingerprint density at radius 3 is 2.07 bits per heavy atom. The highest BCUT2D eigenvalue weighted by atomic mass is 79.9. The minimum atomic E-state index is 0.851. The molecule has 0 radical (unpaired) electrons.